The summed E-state index contributed by atoms with van der Waals surface area (Å²) in [6.07, 6.45) is -0.854. The molecule has 1 N–H and O–H groups in total. The van der Waals surface area contributed by atoms with Gasteiger partial charge < -0.3 is 14.7 Å². The van der Waals surface area contributed by atoms with Crippen LogP contribution in [0.15, 0.2) is 30.3 Å². The Hall–Kier alpha value is -2.37. The van der Waals surface area contributed by atoms with E-state index in [1.54, 1.807) is 24.3 Å². The Kier molecular flexibility index (Phi) is 4.92. The molecule has 1 atom stereocenters. The number of carboxylic acids is 1. The normalized spacial score (nSPS) is 16.4. The molecule has 1 aromatic rings. The van der Waals surface area contributed by atoms with Crippen molar-refractivity contribution in [3.63, 3.8) is 0 Å². The third-order valence-corrected chi connectivity index (χ3v) is 3.29. The molecule has 0 spiro atoms. The van der Waals surface area contributed by atoms with Crippen LogP contribution in [0.4, 0.5) is 4.79 Å². The number of ether oxygens (including phenoxy) is 1. The lowest BCUT2D eigenvalue weighted by molar-refractivity contribution is -0.147. The highest BCUT2D eigenvalue weighted by Gasteiger charge is 2.28. The van der Waals surface area contributed by atoms with E-state index in [1.807, 2.05) is 6.07 Å². The van der Waals surface area contributed by atoms with Gasteiger partial charge in [0.2, 0.25) is 6.10 Å². The zero-order valence-corrected chi connectivity index (χ0v) is 11.5. The molecule has 0 radical (unpaired) electrons. The highest BCUT2D eigenvalue weighted by molar-refractivity contribution is 5.86. The fourth-order valence-electron chi connectivity index (χ4n) is 2.20. The number of nitrogens with zero attached hydrogens (tertiary/aromatic N) is 1. The lowest BCUT2D eigenvalue weighted by Gasteiger charge is -2.26. The lowest BCUT2D eigenvalue weighted by Crippen LogP contribution is -2.43. The van der Waals surface area contributed by atoms with Gasteiger partial charge in [-0.2, -0.15) is 0 Å². The Morgan fingerprint density at radius 2 is 2.00 bits per heavy atom. The molecule has 1 saturated heterocycles. The third-order valence-electron chi connectivity index (χ3n) is 3.29. The van der Waals surface area contributed by atoms with Crippen LogP contribution in [0.5, 0.6) is 0 Å². The summed E-state index contributed by atoms with van der Waals surface area (Å²) in [6, 6.07) is 8.95. The number of hydrogen-bond donors (Lipinski definition) is 1. The number of benzene rings is 1. The third kappa shape index (κ3) is 4.30. The molecule has 1 aromatic carbocycles. The molecule has 0 saturated carbocycles. The van der Waals surface area contributed by atoms with Gasteiger partial charge in [0.15, 0.2) is 5.78 Å². The first-order chi connectivity index (χ1) is 10.1. The minimum atomic E-state index is -1.25. The lowest BCUT2D eigenvalue weighted by atomic mass is 10.1. The summed E-state index contributed by atoms with van der Waals surface area (Å²) in [7, 11) is 0. The molecule has 21 heavy (non-hydrogen) atoms. The van der Waals surface area contributed by atoms with Gasteiger partial charge in [0.05, 0.1) is 6.54 Å². The second-order valence-electron chi connectivity index (χ2n) is 4.96. The van der Waals surface area contributed by atoms with E-state index in [0.717, 1.165) is 5.56 Å². The molecule has 1 aliphatic heterocycles. The summed E-state index contributed by atoms with van der Waals surface area (Å²) in [5, 5.41) is 9.17. The number of piperidine rings is 1. The fourth-order valence-corrected chi connectivity index (χ4v) is 2.20. The van der Waals surface area contributed by atoms with Gasteiger partial charge in [0, 0.05) is 19.4 Å². The van der Waals surface area contributed by atoms with Crippen LogP contribution in [0.3, 0.4) is 0 Å². The molecule has 0 aliphatic carbocycles. The summed E-state index contributed by atoms with van der Waals surface area (Å²) in [4.78, 5) is 35.7. The van der Waals surface area contributed by atoms with Crippen LogP contribution in [0.1, 0.15) is 18.4 Å². The standard InChI is InChI=1S/C15H17NO5/c17-12-7-4-8-16(10-12)15(20)21-13(14(18)19)9-11-5-2-1-3-6-11/h1-3,5-6,13H,4,7-10H2,(H,18,19)/t13-/m0/s1. The van der Waals surface area contributed by atoms with Crippen LogP contribution in [0, 0.1) is 0 Å². The molecule has 0 bridgehead atoms. The highest BCUT2D eigenvalue weighted by Crippen LogP contribution is 2.11. The first kappa shape index (κ1) is 15.0. The Morgan fingerprint density at radius 1 is 1.29 bits per heavy atom. The Balaban J connectivity index is 1.97. The Bertz CT molecular complexity index is 528. The molecule has 1 amide bonds. The average Bonchev–Trinajstić information content (AvgIpc) is 2.47. The van der Waals surface area contributed by atoms with Crippen LogP contribution in [0.2, 0.25) is 0 Å². The number of carbonyl (C=O) groups excluding carboxylic acids is 2. The number of rotatable bonds is 4. The molecule has 1 fully saturated rings. The SMILES string of the molecule is O=C1CCCN(C(=O)O[C@@H](Cc2ccccc2)C(=O)O)C1. The Morgan fingerprint density at radius 3 is 2.62 bits per heavy atom. The molecule has 112 valence electrons. The van der Waals surface area contributed by atoms with Crippen molar-refractivity contribution in [2.45, 2.75) is 25.4 Å². The monoisotopic (exact) mass is 291 g/mol. The van der Waals surface area contributed by atoms with E-state index in [1.165, 1.54) is 4.90 Å². The van der Waals surface area contributed by atoms with Crippen LogP contribution in [-0.2, 0) is 20.7 Å². The highest BCUT2D eigenvalue weighted by atomic mass is 16.6. The van der Waals surface area contributed by atoms with Crippen LogP contribution < -0.4 is 0 Å². The Labute approximate surface area is 122 Å². The van der Waals surface area contributed by atoms with Crippen LogP contribution >= 0.6 is 0 Å². The molecule has 0 aromatic heterocycles. The first-order valence-electron chi connectivity index (χ1n) is 6.80. The predicted octanol–water partition coefficient (Wildman–Crippen LogP) is 1.48. The number of hydrogen-bond acceptors (Lipinski definition) is 4. The maximum absolute atomic E-state index is 11.9. The molecular formula is C15H17NO5. The zero-order chi connectivity index (χ0) is 15.2. The molecule has 1 heterocycles. The molecule has 1 aliphatic rings. The van der Waals surface area contributed by atoms with Gasteiger partial charge in [0.25, 0.3) is 0 Å². The van der Waals surface area contributed by atoms with Gasteiger partial charge in [0.1, 0.15) is 0 Å². The topological polar surface area (TPSA) is 83.9 Å². The first-order valence-corrected chi connectivity index (χ1v) is 6.80. The van der Waals surface area contributed by atoms with Crippen molar-refractivity contribution in [2.24, 2.45) is 0 Å². The van der Waals surface area contributed by atoms with Crippen molar-refractivity contribution in [1.29, 1.82) is 0 Å². The summed E-state index contributed by atoms with van der Waals surface area (Å²) in [6.45, 7) is 0.415. The fraction of sp³-hybridized carbons (Fsp3) is 0.400. The van der Waals surface area contributed by atoms with Crippen LogP contribution in [0.25, 0.3) is 0 Å². The van der Waals surface area contributed by atoms with Crippen molar-refractivity contribution in [3.8, 4) is 0 Å². The number of likely N-dealkylation sites (tertiary alicyclic amines) is 1. The molecule has 0 unspecified atom stereocenters. The smallest absolute Gasteiger partial charge is 0.411 e. The predicted molar refractivity (Wildman–Crippen MR) is 73.9 cm³/mol. The van der Waals surface area contributed by atoms with E-state index in [-0.39, 0.29) is 18.7 Å². The van der Waals surface area contributed by atoms with Crippen molar-refractivity contribution >= 4 is 17.8 Å². The minimum absolute atomic E-state index is 0.00346. The summed E-state index contributed by atoms with van der Waals surface area (Å²) in [5.74, 6) is -1.23. The van der Waals surface area contributed by atoms with Gasteiger partial charge in [-0.3, -0.25) is 4.79 Å². The maximum Gasteiger partial charge on any atom is 0.411 e. The van der Waals surface area contributed by atoms with Crippen molar-refractivity contribution in [1.82, 2.24) is 4.90 Å². The molecule has 6 nitrogen and oxygen atoms in total. The second kappa shape index (κ2) is 6.88. The van der Waals surface area contributed by atoms with Gasteiger partial charge in [-0.25, -0.2) is 9.59 Å². The van der Waals surface area contributed by atoms with Crippen molar-refractivity contribution < 1.29 is 24.2 Å². The second-order valence-corrected chi connectivity index (χ2v) is 4.96. The van der Waals surface area contributed by atoms with Gasteiger partial charge in [-0.05, 0) is 12.0 Å². The van der Waals surface area contributed by atoms with E-state index < -0.39 is 18.2 Å². The number of carbonyl (C=O) groups is 3. The van der Waals surface area contributed by atoms with E-state index in [0.29, 0.717) is 19.4 Å². The van der Waals surface area contributed by atoms with E-state index in [2.05, 4.69) is 0 Å². The molecular weight excluding hydrogens is 274 g/mol. The van der Waals surface area contributed by atoms with Gasteiger partial charge >= 0.3 is 12.1 Å². The summed E-state index contributed by atoms with van der Waals surface area (Å²) in [5.41, 5.74) is 0.771. The largest absolute Gasteiger partial charge is 0.478 e. The molecule has 6 heteroatoms. The van der Waals surface area contributed by atoms with E-state index >= 15 is 0 Å². The maximum atomic E-state index is 11.9. The quantitative estimate of drug-likeness (QED) is 0.908. The van der Waals surface area contributed by atoms with Gasteiger partial charge in [-0.1, -0.05) is 30.3 Å². The van der Waals surface area contributed by atoms with Gasteiger partial charge in [-0.15, -0.1) is 0 Å². The molecule has 2 rings (SSSR count). The zero-order valence-electron chi connectivity index (χ0n) is 11.5. The summed E-state index contributed by atoms with van der Waals surface area (Å²) >= 11 is 0. The number of ketones is 1. The van der Waals surface area contributed by atoms with Crippen molar-refractivity contribution in [2.75, 3.05) is 13.1 Å². The van der Waals surface area contributed by atoms with Crippen molar-refractivity contribution in [3.05, 3.63) is 35.9 Å². The number of Topliss-reactive ketones (excluding diaryl/α,β-unsaturated/α-hetero) is 1. The number of aliphatic carboxylic acids is 1. The van der Waals surface area contributed by atoms with E-state index in [4.69, 9.17) is 4.74 Å². The average molecular weight is 291 g/mol. The van der Waals surface area contributed by atoms with E-state index in [9.17, 15) is 19.5 Å². The number of carboxylic acid groups (broad SMARTS) is 1. The minimum Gasteiger partial charge on any atom is -0.478 e. The number of amides is 1. The van der Waals surface area contributed by atoms with Crippen LogP contribution in [-0.4, -0.2) is 47.0 Å². The summed E-state index contributed by atoms with van der Waals surface area (Å²) < 4.78 is 5.04.